The predicted octanol–water partition coefficient (Wildman–Crippen LogP) is 3.36. The fourth-order valence-electron chi connectivity index (χ4n) is 3.85. The van der Waals surface area contributed by atoms with E-state index in [-0.39, 0.29) is 5.60 Å². The van der Waals surface area contributed by atoms with Gasteiger partial charge in [0.05, 0.1) is 5.60 Å². The minimum Gasteiger partial charge on any atom is -0.390 e. The second-order valence-electron chi connectivity index (χ2n) is 5.68. The lowest BCUT2D eigenvalue weighted by atomic mass is 9.58. The summed E-state index contributed by atoms with van der Waals surface area (Å²) in [7, 11) is 0. The van der Waals surface area contributed by atoms with Crippen molar-refractivity contribution in [3.05, 3.63) is 0 Å². The first-order valence-electron chi connectivity index (χ1n) is 6.38. The van der Waals surface area contributed by atoms with Gasteiger partial charge < -0.3 is 5.11 Å². The van der Waals surface area contributed by atoms with Gasteiger partial charge in [0.1, 0.15) is 0 Å². The summed E-state index contributed by atoms with van der Waals surface area (Å²) < 4.78 is 0. The molecule has 1 N–H and O–H groups in total. The summed E-state index contributed by atoms with van der Waals surface area (Å²) in [6.07, 6.45) is 8.77. The van der Waals surface area contributed by atoms with Gasteiger partial charge in [-0.15, -0.1) is 0 Å². The van der Waals surface area contributed by atoms with Gasteiger partial charge >= 0.3 is 0 Å². The first-order valence-corrected chi connectivity index (χ1v) is 6.38. The van der Waals surface area contributed by atoms with Gasteiger partial charge in [0.2, 0.25) is 0 Å². The van der Waals surface area contributed by atoms with Gasteiger partial charge in [-0.1, -0.05) is 39.5 Å². The highest BCUT2D eigenvalue weighted by molar-refractivity contribution is 5.00. The molecule has 0 aromatic rings. The van der Waals surface area contributed by atoms with E-state index in [0.717, 1.165) is 24.7 Å². The van der Waals surface area contributed by atoms with E-state index in [1.165, 1.54) is 32.1 Å². The molecule has 14 heavy (non-hydrogen) atoms. The Labute approximate surface area is 87.9 Å². The molecule has 0 aromatic carbocycles. The van der Waals surface area contributed by atoms with Crippen LogP contribution in [0.2, 0.25) is 0 Å². The van der Waals surface area contributed by atoms with E-state index in [2.05, 4.69) is 13.8 Å². The lowest BCUT2D eigenvalue weighted by Gasteiger charge is -2.51. The second kappa shape index (κ2) is 3.84. The van der Waals surface area contributed by atoms with E-state index in [1.807, 2.05) is 0 Å². The van der Waals surface area contributed by atoms with Gasteiger partial charge in [0, 0.05) is 0 Å². The van der Waals surface area contributed by atoms with Gasteiger partial charge in [-0.3, -0.25) is 0 Å². The van der Waals surface area contributed by atoms with Crippen LogP contribution in [0.3, 0.4) is 0 Å². The minimum absolute atomic E-state index is 0.263. The predicted molar refractivity (Wildman–Crippen MR) is 59.1 cm³/mol. The van der Waals surface area contributed by atoms with Crippen molar-refractivity contribution in [3.8, 4) is 0 Å². The van der Waals surface area contributed by atoms with E-state index in [4.69, 9.17) is 0 Å². The van der Waals surface area contributed by atoms with Crippen molar-refractivity contribution in [2.75, 3.05) is 0 Å². The van der Waals surface area contributed by atoms with Gasteiger partial charge in [0.15, 0.2) is 0 Å². The molecule has 82 valence electrons. The first-order chi connectivity index (χ1) is 6.65. The third-order valence-electron chi connectivity index (χ3n) is 4.53. The normalized spacial score (nSPS) is 48.6. The molecule has 0 aliphatic heterocycles. The van der Waals surface area contributed by atoms with Gasteiger partial charge in [-0.25, -0.2) is 0 Å². The Morgan fingerprint density at radius 2 is 1.86 bits per heavy atom. The summed E-state index contributed by atoms with van der Waals surface area (Å²) in [5, 5.41) is 10.5. The first kappa shape index (κ1) is 10.5. The fourth-order valence-corrected chi connectivity index (χ4v) is 3.85. The van der Waals surface area contributed by atoms with E-state index in [9.17, 15) is 5.11 Å². The summed E-state index contributed by atoms with van der Waals surface area (Å²) in [6, 6.07) is 0. The number of hydrogen-bond acceptors (Lipinski definition) is 1. The maximum absolute atomic E-state index is 10.5. The van der Waals surface area contributed by atoms with Crippen LogP contribution >= 0.6 is 0 Å². The average Bonchev–Trinajstić information content (AvgIpc) is 2.15. The molecule has 2 unspecified atom stereocenters. The van der Waals surface area contributed by atoms with Crippen LogP contribution in [-0.4, -0.2) is 10.7 Å². The van der Waals surface area contributed by atoms with Crippen LogP contribution in [0.1, 0.15) is 58.8 Å². The number of aliphatic hydroxyl groups is 1. The topological polar surface area (TPSA) is 20.2 Å². The quantitative estimate of drug-likeness (QED) is 0.718. The molecule has 2 aliphatic rings. The van der Waals surface area contributed by atoms with Crippen molar-refractivity contribution in [1.29, 1.82) is 0 Å². The molecule has 0 aromatic heterocycles. The second-order valence-corrected chi connectivity index (χ2v) is 5.68. The van der Waals surface area contributed by atoms with E-state index in [0.29, 0.717) is 5.92 Å². The molecule has 1 nitrogen and oxygen atoms in total. The molecule has 1 heteroatoms. The Bertz CT molecular complexity index is 193. The molecule has 2 rings (SSSR count). The maximum Gasteiger partial charge on any atom is 0.0683 e. The van der Waals surface area contributed by atoms with Gasteiger partial charge in [-0.2, -0.15) is 0 Å². The highest BCUT2D eigenvalue weighted by Crippen LogP contribution is 2.50. The van der Waals surface area contributed by atoms with Crippen LogP contribution < -0.4 is 0 Å². The third-order valence-corrected chi connectivity index (χ3v) is 4.53. The van der Waals surface area contributed by atoms with Crippen LogP contribution in [0.15, 0.2) is 0 Å². The highest BCUT2D eigenvalue weighted by atomic mass is 16.3. The zero-order valence-electron chi connectivity index (χ0n) is 9.63. The minimum atomic E-state index is -0.263. The van der Waals surface area contributed by atoms with Crippen molar-refractivity contribution in [2.24, 2.45) is 17.8 Å². The lowest BCUT2D eigenvalue weighted by Crippen LogP contribution is -2.52. The summed E-state index contributed by atoms with van der Waals surface area (Å²) in [5.74, 6) is 2.19. The molecule has 2 fully saturated rings. The van der Waals surface area contributed by atoms with Crippen LogP contribution in [-0.2, 0) is 0 Å². The van der Waals surface area contributed by atoms with Gasteiger partial charge in [-0.05, 0) is 37.0 Å². The smallest absolute Gasteiger partial charge is 0.0683 e. The Hall–Kier alpha value is -0.0400. The van der Waals surface area contributed by atoms with Crippen molar-refractivity contribution in [1.82, 2.24) is 0 Å². The largest absolute Gasteiger partial charge is 0.390 e. The van der Waals surface area contributed by atoms with Crippen LogP contribution in [0.4, 0.5) is 0 Å². The molecule has 0 heterocycles. The van der Waals surface area contributed by atoms with Crippen molar-refractivity contribution in [3.63, 3.8) is 0 Å². The zero-order chi connectivity index (χ0) is 10.2. The monoisotopic (exact) mass is 196 g/mol. The number of hydrogen-bond donors (Lipinski definition) is 1. The molecule has 0 spiro atoms. The summed E-state index contributed by atoms with van der Waals surface area (Å²) in [6.45, 7) is 4.55. The Morgan fingerprint density at radius 3 is 2.43 bits per heavy atom. The summed E-state index contributed by atoms with van der Waals surface area (Å²) in [5.41, 5.74) is -0.263. The molecule has 0 saturated heterocycles. The molecule has 0 radical (unpaired) electrons. The van der Waals surface area contributed by atoms with Gasteiger partial charge in [0.25, 0.3) is 0 Å². The summed E-state index contributed by atoms with van der Waals surface area (Å²) in [4.78, 5) is 0. The zero-order valence-corrected chi connectivity index (χ0v) is 9.63. The van der Waals surface area contributed by atoms with Crippen molar-refractivity contribution < 1.29 is 5.11 Å². The number of rotatable bonds is 2. The van der Waals surface area contributed by atoms with Crippen LogP contribution in [0.5, 0.6) is 0 Å². The van der Waals surface area contributed by atoms with Crippen LogP contribution in [0, 0.1) is 17.8 Å². The fraction of sp³-hybridized carbons (Fsp3) is 1.00. The standard InChI is InChI=1S/C13H24O/c1-3-11-6-4-5-7-12(11)13(14)8-10(2)9-13/h10-12,14H,3-9H2,1-2H3. The molecule has 2 saturated carbocycles. The molecule has 0 amide bonds. The molecule has 2 atom stereocenters. The molecule has 2 aliphatic carbocycles. The van der Waals surface area contributed by atoms with E-state index in [1.54, 1.807) is 0 Å². The molecule has 0 bridgehead atoms. The lowest BCUT2D eigenvalue weighted by molar-refractivity contribution is -0.138. The van der Waals surface area contributed by atoms with Crippen molar-refractivity contribution >= 4 is 0 Å². The van der Waals surface area contributed by atoms with E-state index >= 15 is 0 Å². The molecular weight excluding hydrogens is 172 g/mol. The Balaban J connectivity index is 2.00. The third kappa shape index (κ3) is 1.71. The SMILES string of the molecule is CCC1CCCCC1C1(O)CC(C)C1. The van der Waals surface area contributed by atoms with Crippen LogP contribution in [0.25, 0.3) is 0 Å². The average molecular weight is 196 g/mol. The highest BCUT2D eigenvalue weighted by Gasteiger charge is 2.48. The Kier molecular flexibility index (Phi) is 2.88. The van der Waals surface area contributed by atoms with Crippen molar-refractivity contribution in [2.45, 2.75) is 64.4 Å². The van der Waals surface area contributed by atoms with E-state index < -0.39 is 0 Å². The Morgan fingerprint density at radius 1 is 1.21 bits per heavy atom. The summed E-state index contributed by atoms with van der Waals surface area (Å²) >= 11 is 0. The molecular formula is C13H24O. The maximum atomic E-state index is 10.5.